The zero-order chi connectivity index (χ0) is 22.2. The topological polar surface area (TPSA) is 99.8 Å². The quantitative estimate of drug-likeness (QED) is 0.672. The number of aryl methyl sites for hydroxylation is 3. The molecule has 0 atom stereocenters. The van der Waals surface area contributed by atoms with E-state index in [0.717, 1.165) is 34.7 Å². The fraction of sp³-hybridized carbons (Fsp3) is 0.429. The number of carbonyl (C=O) groups excluding carboxylic acids is 1. The molecule has 3 heterocycles. The number of hydrogen-bond acceptors (Lipinski definition) is 5. The molecular weight excluding hydrogens is 411 g/mol. The van der Waals surface area contributed by atoms with E-state index in [0.29, 0.717) is 12.0 Å². The van der Waals surface area contributed by atoms with Gasteiger partial charge in [-0.25, -0.2) is 4.98 Å². The van der Waals surface area contributed by atoms with Crippen LogP contribution >= 0.6 is 0 Å². The fourth-order valence-electron chi connectivity index (χ4n) is 3.50. The second-order valence-corrected chi connectivity index (χ2v) is 7.74. The molecule has 1 amide bonds. The van der Waals surface area contributed by atoms with Gasteiger partial charge in [0.25, 0.3) is 5.91 Å². The average molecular weight is 433 g/mol. The van der Waals surface area contributed by atoms with E-state index in [1.807, 2.05) is 12.3 Å². The van der Waals surface area contributed by atoms with Crippen molar-refractivity contribution in [2.75, 3.05) is 0 Å². The summed E-state index contributed by atoms with van der Waals surface area (Å²) in [4.78, 5) is 19.6. The number of primary amides is 1. The molecule has 3 aromatic rings. The van der Waals surface area contributed by atoms with Crippen molar-refractivity contribution in [1.82, 2.24) is 19.7 Å². The predicted octanol–water partition coefficient (Wildman–Crippen LogP) is 4.03. The lowest BCUT2D eigenvalue weighted by Crippen LogP contribution is -2.15. The van der Waals surface area contributed by atoms with Crippen LogP contribution in [-0.4, -0.2) is 25.7 Å². The van der Waals surface area contributed by atoms with Crippen LogP contribution in [0, 0.1) is 0 Å². The number of fused-ring (bicyclic) bond motifs is 1. The summed E-state index contributed by atoms with van der Waals surface area (Å²) in [6, 6.07) is 4.76. The van der Waals surface area contributed by atoms with E-state index < -0.39 is 17.8 Å². The van der Waals surface area contributed by atoms with Gasteiger partial charge in [-0.05, 0) is 44.2 Å². The summed E-state index contributed by atoms with van der Waals surface area (Å²) >= 11 is 0. The first-order valence-electron chi connectivity index (χ1n) is 10.1. The van der Waals surface area contributed by atoms with Crippen LogP contribution in [0.25, 0.3) is 11.5 Å². The number of alkyl halides is 3. The van der Waals surface area contributed by atoms with E-state index in [2.05, 4.69) is 21.1 Å². The summed E-state index contributed by atoms with van der Waals surface area (Å²) < 4.78 is 42.8. The maximum atomic E-state index is 12.0. The van der Waals surface area contributed by atoms with E-state index in [9.17, 15) is 18.0 Å². The SMILES string of the molecule is Cn1nc(C(F)(F)F)cc1C(N)=O.c1cc(-c2nc3c(o2)CCCC3)cc(C2CC2)n1. The van der Waals surface area contributed by atoms with E-state index >= 15 is 0 Å². The van der Waals surface area contributed by atoms with Crippen molar-refractivity contribution in [3.05, 3.63) is 52.9 Å². The second kappa shape index (κ2) is 8.16. The van der Waals surface area contributed by atoms with Crippen molar-refractivity contribution in [3.8, 4) is 11.5 Å². The molecule has 31 heavy (non-hydrogen) atoms. The van der Waals surface area contributed by atoms with Crippen LogP contribution in [0.5, 0.6) is 0 Å². The van der Waals surface area contributed by atoms with Crippen molar-refractivity contribution >= 4 is 5.91 Å². The number of pyridine rings is 1. The van der Waals surface area contributed by atoms with E-state index in [-0.39, 0.29) is 5.69 Å². The van der Waals surface area contributed by atoms with E-state index in [1.165, 1.54) is 44.1 Å². The lowest BCUT2D eigenvalue weighted by Gasteiger charge is -2.05. The molecule has 0 aliphatic heterocycles. The third-order valence-electron chi connectivity index (χ3n) is 5.29. The summed E-state index contributed by atoms with van der Waals surface area (Å²) in [5.41, 5.74) is 6.86. The van der Waals surface area contributed by atoms with Crippen LogP contribution in [0.3, 0.4) is 0 Å². The minimum Gasteiger partial charge on any atom is -0.441 e. The van der Waals surface area contributed by atoms with Crippen molar-refractivity contribution in [2.24, 2.45) is 12.8 Å². The van der Waals surface area contributed by atoms with Gasteiger partial charge in [-0.15, -0.1) is 0 Å². The highest BCUT2D eigenvalue weighted by molar-refractivity contribution is 5.91. The highest BCUT2D eigenvalue weighted by Gasteiger charge is 2.35. The minimum atomic E-state index is -4.55. The van der Waals surface area contributed by atoms with Gasteiger partial charge in [-0.3, -0.25) is 14.5 Å². The molecule has 0 bridgehead atoms. The van der Waals surface area contributed by atoms with Crippen molar-refractivity contribution in [3.63, 3.8) is 0 Å². The Morgan fingerprint density at radius 1 is 1.23 bits per heavy atom. The Bertz CT molecular complexity index is 1080. The predicted molar refractivity (Wildman–Crippen MR) is 105 cm³/mol. The number of oxazole rings is 1. The standard InChI is InChI=1S/C15H16N2O.C6H6F3N3O/c1-2-4-14-12(3-1)17-15(18-14)11-7-8-16-13(9-11)10-5-6-10;1-12-3(5(10)13)2-4(11-12)6(7,8)9/h7-10H,1-6H2;2H,1H3,(H2,10,13). The first-order chi connectivity index (χ1) is 14.7. The molecule has 164 valence electrons. The molecule has 2 aliphatic carbocycles. The summed E-state index contributed by atoms with van der Waals surface area (Å²) in [6.07, 6.45) is 4.46. The molecule has 0 saturated heterocycles. The molecular formula is C21H22F3N5O2. The number of aromatic nitrogens is 4. The van der Waals surface area contributed by atoms with Gasteiger partial charge in [0.1, 0.15) is 11.5 Å². The van der Waals surface area contributed by atoms with Crippen molar-refractivity contribution in [1.29, 1.82) is 0 Å². The Morgan fingerprint density at radius 3 is 2.55 bits per heavy atom. The van der Waals surface area contributed by atoms with E-state index in [4.69, 9.17) is 10.2 Å². The number of hydrogen-bond donors (Lipinski definition) is 1. The molecule has 1 saturated carbocycles. The number of nitrogens with two attached hydrogens (primary N) is 1. The Kier molecular flexibility index (Phi) is 5.55. The highest BCUT2D eigenvalue weighted by Crippen LogP contribution is 2.40. The molecule has 7 nitrogen and oxygen atoms in total. The molecule has 1 fully saturated rings. The van der Waals surface area contributed by atoms with Gasteiger partial charge >= 0.3 is 6.18 Å². The monoisotopic (exact) mass is 433 g/mol. The maximum Gasteiger partial charge on any atom is 0.435 e. The highest BCUT2D eigenvalue weighted by atomic mass is 19.4. The normalized spacial score (nSPS) is 15.7. The molecule has 0 spiro atoms. The Labute approximate surface area is 176 Å². The van der Waals surface area contributed by atoms with Crippen LogP contribution in [0.4, 0.5) is 13.2 Å². The van der Waals surface area contributed by atoms with Crippen LogP contribution in [-0.2, 0) is 26.1 Å². The maximum absolute atomic E-state index is 12.0. The number of halogens is 3. The molecule has 0 radical (unpaired) electrons. The molecule has 5 rings (SSSR count). The smallest absolute Gasteiger partial charge is 0.435 e. The molecule has 10 heteroatoms. The molecule has 0 unspecified atom stereocenters. The first-order valence-corrected chi connectivity index (χ1v) is 10.1. The van der Waals surface area contributed by atoms with Crippen LogP contribution in [0.15, 0.2) is 28.8 Å². The number of amides is 1. The van der Waals surface area contributed by atoms with Crippen LogP contribution in [0.2, 0.25) is 0 Å². The van der Waals surface area contributed by atoms with Gasteiger partial charge in [0, 0.05) is 42.9 Å². The third kappa shape index (κ3) is 4.78. The zero-order valence-corrected chi connectivity index (χ0v) is 16.9. The molecule has 2 N–H and O–H groups in total. The van der Waals surface area contributed by atoms with Crippen LogP contribution in [0.1, 0.15) is 64.9 Å². The summed E-state index contributed by atoms with van der Waals surface area (Å²) in [6.45, 7) is 0. The Hall–Kier alpha value is -3.17. The number of nitrogens with zero attached hydrogens (tertiary/aromatic N) is 4. The van der Waals surface area contributed by atoms with Gasteiger partial charge in [0.15, 0.2) is 5.69 Å². The van der Waals surface area contributed by atoms with E-state index in [1.54, 1.807) is 0 Å². The van der Waals surface area contributed by atoms with Crippen molar-refractivity contribution < 1.29 is 22.4 Å². The molecule has 3 aromatic heterocycles. The Balaban J connectivity index is 0.000000159. The largest absolute Gasteiger partial charge is 0.441 e. The van der Waals surface area contributed by atoms with Crippen molar-refractivity contribution in [2.45, 2.75) is 50.6 Å². The summed E-state index contributed by atoms with van der Waals surface area (Å²) in [5.74, 6) is 1.62. The lowest BCUT2D eigenvalue weighted by atomic mass is 10.0. The number of rotatable bonds is 3. The van der Waals surface area contributed by atoms with Gasteiger partial charge in [0.05, 0.1) is 5.69 Å². The summed E-state index contributed by atoms with van der Waals surface area (Å²) in [7, 11) is 1.22. The van der Waals surface area contributed by atoms with Crippen LogP contribution < -0.4 is 5.73 Å². The zero-order valence-electron chi connectivity index (χ0n) is 16.9. The van der Waals surface area contributed by atoms with Gasteiger partial charge in [0.2, 0.25) is 5.89 Å². The second-order valence-electron chi connectivity index (χ2n) is 7.74. The van der Waals surface area contributed by atoms with Gasteiger partial charge in [-0.2, -0.15) is 18.3 Å². The fourth-order valence-corrected chi connectivity index (χ4v) is 3.50. The number of carbonyl (C=O) groups is 1. The molecule has 2 aliphatic rings. The summed E-state index contributed by atoms with van der Waals surface area (Å²) in [5, 5.41) is 3.09. The third-order valence-corrected chi connectivity index (χ3v) is 5.29. The van der Waals surface area contributed by atoms with Gasteiger partial charge < -0.3 is 10.2 Å². The average Bonchev–Trinajstić information content (AvgIpc) is 3.35. The minimum absolute atomic E-state index is 0.271. The lowest BCUT2D eigenvalue weighted by molar-refractivity contribution is -0.141. The molecule has 0 aromatic carbocycles. The Morgan fingerprint density at radius 2 is 1.97 bits per heavy atom. The first kappa shape index (κ1) is 21.1. The van der Waals surface area contributed by atoms with Gasteiger partial charge in [-0.1, -0.05) is 0 Å².